The Morgan fingerprint density at radius 2 is 1.91 bits per heavy atom. The number of aromatic nitrogens is 3. The van der Waals surface area contributed by atoms with Crippen LogP contribution in [0.3, 0.4) is 0 Å². The molecule has 1 aromatic carbocycles. The summed E-state index contributed by atoms with van der Waals surface area (Å²) in [7, 11) is 0. The summed E-state index contributed by atoms with van der Waals surface area (Å²) in [4.78, 5) is 38.9. The number of hydrogen-bond acceptors (Lipinski definition) is 6. The molecule has 0 saturated carbocycles. The number of benzene rings is 1. The van der Waals surface area contributed by atoms with E-state index in [2.05, 4.69) is 15.2 Å². The average molecular weight is 470 g/mol. The van der Waals surface area contributed by atoms with Gasteiger partial charge in [-0.2, -0.15) is 0 Å². The Balaban J connectivity index is 1.51. The van der Waals surface area contributed by atoms with Crippen LogP contribution in [0.5, 0.6) is 0 Å². The minimum Gasteiger partial charge on any atom is -0.351 e. The van der Waals surface area contributed by atoms with Crippen LogP contribution in [0.1, 0.15) is 23.2 Å². The normalized spacial score (nSPS) is 14.4. The molecule has 1 aliphatic rings. The Labute approximate surface area is 199 Å². The van der Waals surface area contributed by atoms with Gasteiger partial charge in [0.15, 0.2) is 0 Å². The van der Waals surface area contributed by atoms with Gasteiger partial charge in [0.2, 0.25) is 5.43 Å². The van der Waals surface area contributed by atoms with E-state index in [0.717, 1.165) is 41.1 Å². The highest BCUT2D eigenvalue weighted by atomic mass is 32.1. The molecule has 1 fully saturated rings. The minimum absolute atomic E-state index is 0.186. The van der Waals surface area contributed by atoms with E-state index in [9.17, 15) is 9.59 Å². The Morgan fingerprint density at radius 1 is 1.06 bits per heavy atom. The standard InChI is InChI=1S/C26H23N5O2S/c32-23-18-9-10-19(17-6-5-11-27-16-17)29-24(18)31-20-7-1-2-8-21(20)34-26(31)22(23)25(33)28-12-15-30-13-3-4-14-30/h1-2,5-11,16H,3-4,12-15H2,(H,28,33). The van der Waals surface area contributed by atoms with Gasteiger partial charge in [-0.1, -0.05) is 12.1 Å². The highest BCUT2D eigenvalue weighted by Gasteiger charge is 2.23. The van der Waals surface area contributed by atoms with Crippen molar-refractivity contribution < 1.29 is 4.79 Å². The quantitative estimate of drug-likeness (QED) is 0.422. The minimum atomic E-state index is -0.327. The fourth-order valence-corrected chi connectivity index (χ4v) is 5.87. The summed E-state index contributed by atoms with van der Waals surface area (Å²) >= 11 is 1.45. The molecule has 1 N–H and O–H groups in total. The number of rotatable bonds is 5. The Bertz CT molecular complexity index is 1590. The lowest BCUT2D eigenvalue weighted by atomic mass is 10.1. The lowest BCUT2D eigenvalue weighted by Crippen LogP contribution is -2.35. The zero-order chi connectivity index (χ0) is 23.1. The van der Waals surface area contributed by atoms with Crippen LogP contribution in [0.25, 0.3) is 37.3 Å². The highest BCUT2D eigenvalue weighted by molar-refractivity contribution is 7.24. The molecule has 8 heteroatoms. The fourth-order valence-electron chi connectivity index (χ4n) is 4.69. The highest BCUT2D eigenvalue weighted by Crippen LogP contribution is 2.31. The van der Waals surface area contributed by atoms with Gasteiger partial charge in [0, 0.05) is 31.0 Å². The van der Waals surface area contributed by atoms with E-state index in [-0.39, 0.29) is 16.9 Å². The van der Waals surface area contributed by atoms with Gasteiger partial charge in [0.1, 0.15) is 16.0 Å². The molecule has 0 spiro atoms. The molecule has 0 radical (unpaired) electrons. The molecule has 0 aliphatic carbocycles. The van der Waals surface area contributed by atoms with Crippen molar-refractivity contribution in [3.63, 3.8) is 0 Å². The first-order chi connectivity index (χ1) is 16.7. The van der Waals surface area contributed by atoms with Crippen molar-refractivity contribution in [2.75, 3.05) is 26.2 Å². The summed E-state index contributed by atoms with van der Waals surface area (Å²) in [5.74, 6) is -0.327. The number of hydrogen-bond donors (Lipinski definition) is 1. The van der Waals surface area contributed by atoms with Crippen molar-refractivity contribution in [2.45, 2.75) is 12.8 Å². The zero-order valence-electron chi connectivity index (χ0n) is 18.5. The predicted molar refractivity (Wildman–Crippen MR) is 136 cm³/mol. The fraction of sp³-hybridized carbons (Fsp3) is 0.231. The van der Waals surface area contributed by atoms with Crippen LogP contribution in [0.4, 0.5) is 0 Å². The molecular formula is C26H23N5O2S. The maximum atomic E-state index is 13.6. The van der Waals surface area contributed by atoms with E-state index in [1.165, 1.54) is 24.2 Å². The smallest absolute Gasteiger partial charge is 0.258 e. The number of amides is 1. The van der Waals surface area contributed by atoms with Gasteiger partial charge in [0.25, 0.3) is 5.91 Å². The summed E-state index contributed by atoms with van der Waals surface area (Å²) < 4.78 is 2.94. The number of pyridine rings is 3. The lowest BCUT2D eigenvalue weighted by molar-refractivity contribution is 0.0950. The number of para-hydroxylation sites is 1. The van der Waals surface area contributed by atoms with Gasteiger partial charge >= 0.3 is 0 Å². The second-order valence-electron chi connectivity index (χ2n) is 8.53. The molecule has 0 unspecified atom stereocenters. The van der Waals surface area contributed by atoms with Crippen LogP contribution >= 0.6 is 11.3 Å². The number of carbonyl (C=O) groups is 1. The van der Waals surface area contributed by atoms with Crippen LogP contribution < -0.4 is 10.7 Å². The molecule has 34 heavy (non-hydrogen) atoms. The van der Waals surface area contributed by atoms with Gasteiger partial charge in [-0.25, -0.2) is 4.98 Å². The zero-order valence-corrected chi connectivity index (χ0v) is 19.3. The van der Waals surface area contributed by atoms with Crippen LogP contribution in [0.15, 0.2) is 65.7 Å². The molecule has 1 aliphatic heterocycles. The van der Waals surface area contributed by atoms with Gasteiger partial charge in [-0.15, -0.1) is 11.3 Å². The van der Waals surface area contributed by atoms with Gasteiger partial charge < -0.3 is 10.2 Å². The van der Waals surface area contributed by atoms with Crippen molar-refractivity contribution in [3.05, 3.63) is 76.7 Å². The summed E-state index contributed by atoms with van der Waals surface area (Å²) in [6.45, 7) is 3.46. The first-order valence-electron chi connectivity index (χ1n) is 11.5. The van der Waals surface area contributed by atoms with Crippen LogP contribution in [-0.4, -0.2) is 51.4 Å². The lowest BCUT2D eigenvalue weighted by Gasteiger charge is -2.15. The van der Waals surface area contributed by atoms with E-state index < -0.39 is 0 Å². The number of nitrogens with zero attached hydrogens (tertiary/aromatic N) is 4. The largest absolute Gasteiger partial charge is 0.351 e. The van der Waals surface area contributed by atoms with Crippen molar-refractivity contribution >= 4 is 43.3 Å². The second kappa shape index (κ2) is 8.62. The van der Waals surface area contributed by atoms with Gasteiger partial charge in [-0.3, -0.25) is 19.0 Å². The molecule has 1 amide bonds. The van der Waals surface area contributed by atoms with Crippen LogP contribution in [0, 0.1) is 0 Å². The average Bonchev–Trinajstić information content (AvgIpc) is 3.52. The third kappa shape index (κ3) is 3.55. The third-order valence-corrected chi connectivity index (χ3v) is 7.53. The number of thiazole rings is 1. The Hall–Kier alpha value is -3.62. The molecule has 6 rings (SSSR count). The first-order valence-corrected chi connectivity index (χ1v) is 12.3. The Kier molecular flexibility index (Phi) is 5.31. The number of likely N-dealkylation sites (tertiary alicyclic amines) is 1. The van der Waals surface area contributed by atoms with Crippen molar-refractivity contribution in [1.82, 2.24) is 24.6 Å². The maximum absolute atomic E-state index is 13.6. The molecule has 4 aromatic heterocycles. The van der Waals surface area contributed by atoms with Crippen molar-refractivity contribution in [2.24, 2.45) is 0 Å². The Morgan fingerprint density at radius 3 is 2.74 bits per heavy atom. The summed E-state index contributed by atoms with van der Waals surface area (Å²) in [5.41, 5.74) is 2.97. The predicted octanol–water partition coefficient (Wildman–Crippen LogP) is 3.95. The van der Waals surface area contributed by atoms with Crippen molar-refractivity contribution in [1.29, 1.82) is 0 Å². The summed E-state index contributed by atoms with van der Waals surface area (Å²) in [6, 6.07) is 15.3. The molecular weight excluding hydrogens is 446 g/mol. The molecule has 5 heterocycles. The van der Waals surface area contributed by atoms with E-state index in [4.69, 9.17) is 4.98 Å². The molecule has 170 valence electrons. The summed E-state index contributed by atoms with van der Waals surface area (Å²) in [6.07, 6.45) is 5.88. The monoisotopic (exact) mass is 469 g/mol. The number of nitrogens with one attached hydrogen (secondary N) is 1. The summed E-state index contributed by atoms with van der Waals surface area (Å²) in [5, 5.41) is 3.42. The van der Waals surface area contributed by atoms with E-state index in [1.54, 1.807) is 18.5 Å². The van der Waals surface area contributed by atoms with Gasteiger partial charge in [-0.05, 0) is 62.3 Å². The van der Waals surface area contributed by atoms with Gasteiger partial charge in [0.05, 0.1) is 21.3 Å². The SMILES string of the molecule is O=C(NCCN1CCCC1)c1c(=O)c2ccc(-c3cccnc3)nc2n2c1sc1ccccc12. The van der Waals surface area contributed by atoms with Crippen LogP contribution in [-0.2, 0) is 0 Å². The van der Waals surface area contributed by atoms with E-state index >= 15 is 0 Å². The number of fused-ring (bicyclic) bond motifs is 5. The topological polar surface area (TPSA) is 79.6 Å². The molecule has 0 atom stereocenters. The molecule has 1 saturated heterocycles. The van der Waals surface area contributed by atoms with E-state index in [1.807, 2.05) is 46.9 Å². The molecule has 0 bridgehead atoms. The maximum Gasteiger partial charge on any atom is 0.258 e. The third-order valence-electron chi connectivity index (χ3n) is 6.38. The van der Waals surface area contributed by atoms with Crippen LogP contribution in [0.2, 0.25) is 0 Å². The first kappa shape index (κ1) is 20.9. The van der Waals surface area contributed by atoms with Crippen molar-refractivity contribution in [3.8, 4) is 11.3 Å². The second-order valence-corrected chi connectivity index (χ2v) is 9.56. The van der Waals surface area contributed by atoms with E-state index in [0.29, 0.717) is 22.4 Å². The molecule has 7 nitrogen and oxygen atoms in total. The molecule has 5 aromatic rings. The number of carbonyl (C=O) groups excluding carboxylic acids is 1.